The molecule has 1 rings (SSSR count). The zero-order valence-corrected chi connectivity index (χ0v) is 12.1. The van der Waals surface area contributed by atoms with Gasteiger partial charge in [-0.05, 0) is 26.0 Å². The van der Waals surface area contributed by atoms with Crippen molar-refractivity contribution in [2.75, 3.05) is 5.75 Å². The number of imide groups is 1. The molecule has 0 atom stereocenters. The molecule has 0 bridgehead atoms. The topological polar surface area (TPSA) is 71.1 Å². The van der Waals surface area contributed by atoms with Gasteiger partial charge in [0.15, 0.2) is 0 Å². The van der Waals surface area contributed by atoms with E-state index in [0.717, 1.165) is 17.8 Å². The monoisotopic (exact) mass is 321 g/mol. The molecule has 0 radical (unpaired) electrons. The van der Waals surface area contributed by atoms with Gasteiger partial charge >= 0.3 is 12.2 Å². The first kappa shape index (κ1) is 17.3. The number of hydrogen-bond acceptors (Lipinski definition) is 4. The number of pyridine rings is 1. The fourth-order valence-corrected chi connectivity index (χ4v) is 1.88. The predicted molar refractivity (Wildman–Crippen MR) is 71.8 cm³/mol. The highest BCUT2D eigenvalue weighted by atomic mass is 32.2. The highest BCUT2D eigenvalue weighted by molar-refractivity contribution is 7.99. The second-order valence-corrected chi connectivity index (χ2v) is 5.34. The number of alkyl halides is 3. The summed E-state index contributed by atoms with van der Waals surface area (Å²) in [6.07, 6.45) is -3.74. The number of carbonyl (C=O) groups is 2. The third-order valence-corrected chi connectivity index (χ3v) is 3.03. The molecule has 5 nitrogen and oxygen atoms in total. The lowest BCUT2D eigenvalue weighted by atomic mass is 10.3. The number of nitrogens with zero attached hydrogens (tertiary/aromatic N) is 1. The van der Waals surface area contributed by atoms with Gasteiger partial charge in [0.1, 0.15) is 0 Å². The van der Waals surface area contributed by atoms with Crippen LogP contribution >= 0.6 is 11.8 Å². The number of urea groups is 1. The van der Waals surface area contributed by atoms with Crippen LogP contribution in [0.4, 0.5) is 18.0 Å². The summed E-state index contributed by atoms with van der Waals surface area (Å²) in [7, 11) is 0. The van der Waals surface area contributed by atoms with E-state index < -0.39 is 23.7 Å². The number of hydrogen-bond donors (Lipinski definition) is 2. The van der Waals surface area contributed by atoms with Gasteiger partial charge in [-0.1, -0.05) is 11.8 Å². The van der Waals surface area contributed by atoms with Crippen molar-refractivity contribution in [2.24, 2.45) is 0 Å². The van der Waals surface area contributed by atoms with Crippen molar-refractivity contribution in [1.29, 1.82) is 0 Å². The smallest absolute Gasteiger partial charge is 0.336 e. The Hall–Kier alpha value is -1.77. The van der Waals surface area contributed by atoms with Gasteiger partial charge in [-0.25, -0.2) is 9.78 Å². The normalized spacial score (nSPS) is 11.3. The van der Waals surface area contributed by atoms with Gasteiger partial charge in [-0.15, -0.1) is 0 Å². The number of carbonyl (C=O) groups excluding carboxylic acids is 2. The molecular weight excluding hydrogens is 307 g/mol. The zero-order chi connectivity index (χ0) is 16.0. The third kappa shape index (κ3) is 6.48. The Morgan fingerprint density at radius 1 is 1.33 bits per heavy atom. The number of nitrogens with one attached hydrogen (secondary N) is 2. The first-order valence-corrected chi connectivity index (χ1v) is 6.93. The van der Waals surface area contributed by atoms with Crippen LogP contribution in [0.15, 0.2) is 23.4 Å². The van der Waals surface area contributed by atoms with Crippen LogP contribution in [-0.4, -0.2) is 28.7 Å². The molecular formula is C12H14F3N3O2S. The first-order chi connectivity index (χ1) is 9.68. The second kappa shape index (κ2) is 7.30. The molecule has 116 valence electrons. The fraction of sp³-hybridized carbons (Fsp3) is 0.417. The van der Waals surface area contributed by atoms with Gasteiger partial charge in [-0.3, -0.25) is 10.1 Å². The Kier molecular flexibility index (Phi) is 6.01. The minimum atomic E-state index is -4.44. The molecule has 0 spiro atoms. The van der Waals surface area contributed by atoms with Crippen LogP contribution in [0.25, 0.3) is 0 Å². The van der Waals surface area contributed by atoms with Crippen LogP contribution in [0.3, 0.4) is 0 Å². The van der Waals surface area contributed by atoms with Crippen LogP contribution in [-0.2, 0) is 11.0 Å². The quantitative estimate of drug-likeness (QED) is 0.836. The number of aromatic nitrogens is 1. The Balaban J connectivity index is 2.45. The minimum absolute atomic E-state index is 0.109. The molecule has 3 amide bonds. The van der Waals surface area contributed by atoms with Crippen LogP contribution in [0.5, 0.6) is 0 Å². The fourth-order valence-electron chi connectivity index (χ4n) is 1.23. The van der Waals surface area contributed by atoms with E-state index in [2.05, 4.69) is 15.6 Å². The van der Waals surface area contributed by atoms with Crippen molar-refractivity contribution < 1.29 is 22.8 Å². The van der Waals surface area contributed by atoms with E-state index in [1.54, 1.807) is 13.8 Å². The summed E-state index contributed by atoms with van der Waals surface area (Å²) >= 11 is 0.938. The molecule has 2 N–H and O–H groups in total. The molecule has 1 heterocycles. The molecule has 21 heavy (non-hydrogen) atoms. The Bertz CT molecular complexity index is 503. The van der Waals surface area contributed by atoms with Crippen molar-refractivity contribution >= 4 is 23.7 Å². The van der Waals surface area contributed by atoms with E-state index in [4.69, 9.17) is 0 Å². The van der Waals surface area contributed by atoms with Crippen LogP contribution < -0.4 is 10.6 Å². The minimum Gasteiger partial charge on any atom is -0.336 e. The largest absolute Gasteiger partial charge is 0.417 e. The van der Waals surface area contributed by atoms with E-state index in [0.29, 0.717) is 6.20 Å². The second-order valence-electron chi connectivity index (χ2n) is 4.35. The lowest BCUT2D eigenvalue weighted by Crippen LogP contribution is -2.43. The summed E-state index contributed by atoms with van der Waals surface area (Å²) < 4.78 is 37.0. The predicted octanol–water partition coefficient (Wildman–Crippen LogP) is 2.43. The Morgan fingerprint density at radius 2 is 2.00 bits per heavy atom. The highest BCUT2D eigenvalue weighted by Crippen LogP contribution is 2.29. The SMILES string of the molecule is CC(C)NC(=O)NC(=O)CSc1ccc(C(F)(F)F)cn1. The summed E-state index contributed by atoms with van der Waals surface area (Å²) in [6.45, 7) is 3.48. The third-order valence-electron chi connectivity index (χ3n) is 2.09. The molecule has 0 aliphatic heterocycles. The summed E-state index contributed by atoms with van der Waals surface area (Å²) in [6, 6.07) is 1.34. The first-order valence-electron chi connectivity index (χ1n) is 5.95. The maximum Gasteiger partial charge on any atom is 0.417 e. The average molecular weight is 321 g/mol. The van der Waals surface area contributed by atoms with Crippen molar-refractivity contribution in [1.82, 2.24) is 15.6 Å². The average Bonchev–Trinajstić information content (AvgIpc) is 2.34. The van der Waals surface area contributed by atoms with Gasteiger partial charge in [0.2, 0.25) is 5.91 Å². The van der Waals surface area contributed by atoms with Crippen LogP contribution in [0.2, 0.25) is 0 Å². The van der Waals surface area contributed by atoms with Gasteiger partial charge in [0, 0.05) is 12.2 Å². The number of rotatable bonds is 4. The molecule has 0 aliphatic carbocycles. The standard InChI is InChI=1S/C12H14F3N3O2S/c1-7(2)17-11(20)18-9(19)6-21-10-4-3-8(5-16-10)12(13,14)15/h3-5,7H,6H2,1-2H3,(H2,17,18,19,20). The maximum atomic E-state index is 12.3. The maximum absolute atomic E-state index is 12.3. The van der Waals surface area contributed by atoms with Crippen molar-refractivity contribution in [3.8, 4) is 0 Å². The Morgan fingerprint density at radius 3 is 2.48 bits per heavy atom. The van der Waals surface area contributed by atoms with Crippen molar-refractivity contribution in [3.05, 3.63) is 23.9 Å². The lowest BCUT2D eigenvalue weighted by Gasteiger charge is -2.09. The van der Waals surface area contributed by atoms with Gasteiger partial charge in [0.25, 0.3) is 0 Å². The van der Waals surface area contributed by atoms with E-state index in [1.807, 2.05) is 0 Å². The summed E-state index contributed by atoms with van der Waals surface area (Å²) in [5.74, 6) is -0.677. The van der Waals surface area contributed by atoms with Crippen LogP contribution in [0.1, 0.15) is 19.4 Å². The van der Waals surface area contributed by atoms with E-state index in [-0.39, 0.29) is 16.8 Å². The molecule has 0 aromatic carbocycles. The summed E-state index contributed by atoms with van der Waals surface area (Å²) in [5.41, 5.74) is -0.854. The number of halogens is 3. The molecule has 0 saturated carbocycles. The van der Waals surface area contributed by atoms with E-state index >= 15 is 0 Å². The highest BCUT2D eigenvalue weighted by Gasteiger charge is 2.30. The van der Waals surface area contributed by atoms with Gasteiger partial charge in [0.05, 0.1) is 16.3 Å². The molecule has 1 aromatic heterocycles. The number of amides is 3. The number of thioether (sulfide) groups is 1. The van der Waals surface area contributed by atoms with E-state index in [1.165, 1.54) is 6.07 Å². The lowest BCUT2D eigenvalue weighted by molar-refractivity contribution is -0.137. The molecule has 0 aliphatic rings. The molecule has 9 heteroatoms. The summed E-state index contributed by atoms with van der Waals surface area (Å²) in [4.78, 5) is 26.3. The molecule has 0 fully saturated rings. The van der Waals surface area contributed by atoms with Gasteiger partial charge < -0.3 is 5.32 Å². The summed E-state index contributed by atoms with van der Waals surface area (Å²) in [5, 5.41) is 4.84. The molecule has 1 aromatic rings. The zero-order valence-electron chi connectivity index (χ0n) is 11.3. The van der Waals surface area contributed by atoms with Crippen LogP contribution in [0, 0.1) is 0 Å². The molecule has 0 unspecified atom stereocenters. The van der Waals surface area contributed by atoms with Crippen molar-refractivity contribution in [2.45, 2.75) is 31.1 Å². The van der Waals surface area contributed by atoms with Gasteiger partial charge in [-0.2, -0.15) is 13.2 Å². The Labute approximate surface area is 123 Å². The van der Waals surface area contributed by atoms with E-state index in [9.17, 15) is 22.8 Å². The van der Waals surface area contributed by atoms with Crippen molar-refractivity contribution in [3.63, 3.8) is 0 Å². The molecule has 0 saturated heterocycles.